The molecule has 0 N–H and O–H groups in total. The SMILES string of the molecule is Clc1cc2c(c(C(Cl)c3cccc(Cl)c3Cl)c1)OCC2. The number of alkyl halides is 1. The van der Waals surface area contributed by atoms with Crippen molar-refractivity contribution >= 4 is 46.4 Å². The summed E-state index contributed by atoms with van der Waals surface area (Å²) in [4.78, 5) is 0. The molecule has 2 aromatic rings. The molecule has 1 aliphatic heterocycles. The van der Waals surface area contributed by atoms with Crippen molar-refractivity contribution in [2.45, 2.75) is 11.8 Å². The Morgan fingerprint density at radius 3 is 2.65 bits per heavy atom. The predicted octanol–water partition coefficient (Wildman–Crippen LogP) is 5.91. The van der Waals surface area contributed by atoms with Crippen molar-refractivity contribution in [1.29, 1.82) is 0 Å². The second kappa shape index (κ2) is 5.65. The Bertz CT molecular complexity index is 669. The first-order valence-electron chi connectivity index (χ1n) is 6.11. The van der Waals surface area contributed by atoms with Gasteiger partial charge in [0, 0.05) is 17.0 Å². The van der Waals surface area contributed by atoms with E-state index in [0.29, 0.717) is 21.7 Å². The largest absolute Gasteiger partial charge is 0.493 e. The predicted molar refractivity (Wildman–Crippen MR) is 84.8 cm³/mol. The van der Waals surface area contributed by atoms with Gasteiger partial charge in [-0.2, -0.15) is 0 Å². The van der Waals surface area contributed by atoms with Gasteiger partial charge in [-0.25, -0.2) is 0 Å². The third kappa shape index (κ3) is 2.48. The van der Waals surface area contributed by atoms with Crippen molar-refractivity contribution in [3.8, 4) is 5.75 Å². The standard InChI is InChI=1S/C15H10Cl4O/c16-9-6-8-4-5-20-15(8)11(7-9)13(18)10-2-1-3-12(17)14(10)19/h1-3,6-7,13H,4-5H2. The van der Waals surface area contributed by atoms with Crippen LogP contribution in [0.5, 0.6) is 5.75 Å². The summed E-state index contributed by atoms with van der Waals surface area (Å²) in [5.74, 6) is 0.811. The van der Waals surface area contributed by atoms with Crippen LogP contribution in [0.3, 0.4) is 0 Å². The molecule has 0 spiro atoms. The van der Waals surface area contributed by atoms with Crippen LogP contribution in [0.1, 0.15) is 22.1 Å². The summed E-state index contributed by atoms with van der Waals surface area (Å²) in [7, 11) is 0. The summed E-state index contributed by atoms with van der Waals surface area (Å²) in [6, 6.07) is 9.14. The van der Waals surface area contributed by atoms with Crippen LogP contribution >= 0.6 is 46.4 Å². The van der Waals surface area contributed by atoms with Crippen LogP contribution in [0.4, 0.5) is 0 Å². The molecule has 1 heterocycles. The van der Waals surface area contributed by atoms with Crippen molar-refractivity contribution in [1.82, 2.24) is 0 Å². The normalized spacial score (nSPS) is 14.8. The molecule has 0 aliphatic carbocycles. The monoisotopic (exact) mass is 346 g/mol. The quantitative estimate of drug-likeness (QED) is 0.613. The smallest absolute Gasteiger partial charge is 0.127 e. The average Bonchev–Trinajstić information content (AvgIpc) is 2.88. The zero-order valence-electron chi connectivity index (χ0n) is 10.3. The number of hydrogen-bond donors (Lipinski definition) is 0. The van der Waals surface area contributed by atoms with Gasteiger partial charge in [-0.05, 0) is 29.3 Å². The number of ether oxygens (including phenoxy) is 1. The summed E-state index contributed by atoms with van der Waals surface area (Å²) in [6.07, 6.45) is 0.843. The average molecular weight is 348 g/mol. The first-order chi connectivity index (χ1) is 9.58. The van der Waals surface area contributed by atoms with Gasteiger partial charge in [0.2, 0.25) is 0 Å². The van der Waals surface area contributed by atoms with Crippen LogP contribution in [0.2, 0.25) is 15.1 Å². The third-order valence-corrected chi connectivity index (χ3v) is 4.83. The Morgan fingerprint density at radius 1 is 1.05 bits per heavy atom. The molecular weight excluding hydrogens is 338 g/mol. The lowest BCUT2D eigenvalue weighted by Gasteiger charge is -2.16. The molecule has 3 rings (SSSR count). The molecule has 1 unspecified atom stereocenters. The molecule has 1 atom stereocenters. The number of fused-ring (bicyclic) bond motifs is 1. The molecule has 2 aromatic carbocycles. The number of halogens is 4. The lowest BCUT2D eigenvalue weighted by Crippen LogP contribution is -1.98. The summed E-state index contributed by atoms with van der Waals surface area (Å²) in [5.41, 5.74) is 2.66. The zero-order valence-corrected chi connectivity index (χ0v) is 13.3. The molecule has 0 saturated heterocycles. The van der Waals surface area contributed by atoms with Crippen molar-refractivity contribution in [3.63, 3.8) is 0 Å². The van der Waals surface area contributed by atoms with Crippen LogP contribution < -0.4 is 4.74 Å². The van der Waals surface area contributed by atoms with E-state index in [1.807, 2.05) is 24.3 Å². The van der Waals surface area contributed by atoms with Crippen LogP contribution in [-0.4, -0.2) is 6.61 Å². The molecule has 0 amide bonds. The molecule has 0 bridgehead atoms. The maximum absolute atomic E-state index is 6.58. The molecular formula is C15H10Cl4O. The molecule has 0 fully saturated rings. The van der Waals surface area contributed by atoms with Gasteiger partial charge in [0.1, 0.15) is 5.75 Å². The van der Waals surface area contributed by atoms with Gasteiger partial charge >= 0.3 is 0 Å². The summed E-state index contributed by atoms with van der Waals surface area (Å²) >= 11 is 25.0. The van der Waals surface area contributed by atoms with Gasteiger partial charge in [0.05, 0.1) is 22.0 Å². The molecule has 0 saturated carbocycles. The van der Waals surface area contributed by atoms with Gasteiger partial charge < -0.3 is 4.74 Å². The summed E-state index contributed by atoms with van der Waals surface area (Å²) < 4.78 is 5.68. The van der Waals surface area contributed by atoms with E-state index in [9.17, 15) is 0 Å². The minimum atomic E-state index is -0.452. The fraction of sp³-hybridized carbons (Fsp3) is 0.200. The van der Waals surface area contributed by atoms with Gasteiger partial charge in [-0.15, -0.1) is 11.6 Å². The molecule has 1 nitrogen and oxygen atoms in total. The molecule has 1 aliphatic rings. The van der Waals surface area contributed by atoms with Crippen molar-refractivity contribution in [3.05, 3.63) is 62.1 Å². The van der Waals surface area contributed by atoms with E-state index in [4.69, 9.17) is 51.1 Å². The van der Waals surface area contributed by atoms with Crippen LogP contribution in [-0.2, 0) is 6.42 Å². The second-order valence-electron chi connectivity index (χ2n) is 4.59. The summed E-state index contributed by atoms with van der Waals surface area (Å²) in [6.45, 7) is 0.648. The highest BCUT2D eigenvalue weighted by molar-refractivity contribution is 6.43. The van der Waals surface area contributed by atoms with E-state index < -0.39 is 5.38 Å². The fourth-order valence-corrected chi connectivity index (χ4v) is 3.44. The molecule has 0 aromatic heterocycles. The minimum absolute atomic E-state index is 0.452. The molecule has 104 valence electrons. The van der Waals surface area contributed by atoms with Crippen molar-refractivity contribution < 1.29 is 4.74 Å². The highest BCUT2D eigenvalue weighted by Crippen LogP contribution is 2.44. The molecule has 0 radical (unpaired) electrons. The van der Waals surface area contributed by atoms with E-state index in [1.54, 1.807) is 6.07 Å². The van der Waals surface area contributed by atoms with Crippen LogP contribution in [0.25, 0.3) is 0 Å². The number of benzene rings is 2. The molecule has 5 heteroatoms. The maximum atomic E-state index is 6.58. The van der Waals surface area contributed by atoms with Gasteiger partial charge in [-0.3, -0.25) is 0 Å². The Morgan fingerprint density at radius 2 is 1.85 bits per heavy atom. The van der Waals surface area contributed by atoms with Crippen molar-refractivity contribution in [2.24, 2.45) is 0 Å². The van der Waals surface area contributed by atoms with E-state index in [0.717, 1.165) is 28.9 Å². The zero-order chi connectivity index (χ0) is 14.3. The van der Waals surface area contributed by atoms with Crippen LogP contribution in [0.15, 0.2) is 30.3 Å². The summed E-state index contributed by atoms with van der Waals surface area (Å²) in [5, 5.41) is 1.13. The van der Waals surface area contributed by atoms with Crippen molar-refractivity contribution in [2.75, 3.05) is 6.61 Å². The highest BCUT2D eigenvalue weighted by atomic mass is 35.5. The Balaban J connectivity index is 2.11. The van der Waals surface area contributed by atoms with Crippen LogP contribution in [0, 0.1) is 0 Å². The minimum Gasteiger partial charge on any atom is -0.493 e. The number of rotatable bonds is 2. The lowest BCUT2D eigenvalue weighted by molar-refractivity contribution is 0.353. The van der Waals surface area contributed by atoms with Gasteiger partial charge in [0.15, 0.2) is 0 Å². The first kappa shape index (κ1) is 14.3. The van der Waals surface area contributed by atoms with E-state index >= 15 is 0 Å². The van der Waals surface area contributed by atoms with E-state index in [-0.39, 0.29) is 0 Å². The van der Waals surface area contributed by atoms with Gasteiger partial charge in [0.25, 0.3) is 0 Å². The highest BCUT2D eigenvalue weighted by Gasteiger charge is 2.25. The van der Waals surface area contributed by atoms with E-state index in [2.05, 4.69) is 0 Å². The topological polar surface area (TPSA) is 9.23 Å². The fourth-order valence-electron chi connectivity index (χ4n) is 2.37. The lowest BCUT2D eigenvalue weighted by atomic mass is 10.0. The second-order valence-corrected chi connectivity index (χ2v) is 6.25. The Hall–Kier alpha value is -0.600. The maximum Gasteiger partial charge on any atom is 0.127 e. The number of hydrogen-bond acceptors (Lipinski definition) is 1. The van der Waals surface area contributed by atoms with Gasteiger partial charge in [-0.1, -0.05) is 46.9 Å². The molecule has 20 heavy (non-hydrogen) atoms. The van der Waals surface area contributed by atoms with E-state index in [1.165, 1.54) is 0 Å². The first-order valence-corrected chi connectivity index (χ1v) is 7.68. The Labute approximate surface area is 137 Å². The Kier molecular flexibility index (Phi) is 4.05. The third-order valence-electron chi connectivity index (χ3n) is 3.30.